The topological polar surface area (TPSA) is 79.0 Å². The van der Waals surface area contributed by atoms with Crippen LogP contribution >= 0.6 is 11.6 Å². The highest BCUT2D eigenvalue weighted by molar-refractivity contribution is 6.32. The van der Waals surface area contributed by atoms with Crippen molar-refractivity contribution in [2.24, 2.45) is 11.8 Å². The molecule has 0 aromatic heterocycles. The summed E-state index contributed by atoms with van der Waals surface area (Å²) in [5, 5.41) is 3.56. The largest absolute Gasteiger partial charge is 0.497 e. The van der Waals surface area contributed by atoms with Gasteiger partial charge in [0.1, 0.15) is 11.3 Å². The van der Waals surface area contributed by atoms with E-state index in [1.165, 1.54) is 4.90 Å². The van der Waals surface area contributed by atoms with Crippen LogP contribution in [0.15, 0.2) is 36.4 Å². The van der Waals surface area contributed by atoms with Gasteiger partial charge in [-0.25, -0.2) is 4.90 Å². The molecule has 164 valence electrons. The molecule has 4 aliphatic heterocycles. The Morgan fingerprint density at radius 2 is 1.84 bits per heavy atom. The number of benzene rings is 2. The first-order valence-electron chi connectivity index (χ1n) is 10.8. The van der Waals surface area contributed by atoms with Gasteiger partial charge in [-0.05, 0) is 62.2 Å². The number of imide groups is 1. The standard InChI is InChI=1S/C24H22ClN3O4/c1-12-16(25)10-9-15-20(12)26-23(31)24(15)19-18(17-4-3-11-27(17)24)21(29)28(22(19)30)13-5-7-14(32-2)8-6-13/h5-10,17-19H,3-4,11H2,1-2H3,(H,26,31)/t17-,18+,19+,24+/m1/s1. The van der Waals surface area contributed by atoms with E-state index in [1.54, 1.807) is 37.4 Å². The maximum Gasteiger partial charge on any atom is 0.250 e. The monoisotopic (exact) mass is 451 g/mol. The summed E-state index contributed by atoms with van der Waals surface area (Å²) in [5.41, 5.74) is 1.50. The van der Waals surface area contributed by atoms with Crippen molar-refractivity contribution in [1.82, 2.24) is 4.90 Å². The van der Waals surface area contributed by atoms with Crippen molar-refractivity contribution in [3.8, 4) is 5.75 Å². The molecule has 2 aromatic carbocycles. The zero-order valence-electron chi connectivity index (χ0n) is 17.7. The van der Waals surface area contributed by atoms with Crippen molar-refractivity contribution < 1.29 is 19.1 Å². The van der Waals surface area contributed by atoms with Crippen LogP contribution in [0, 0.1) is 18.8 Å². The fourth-order valence-corrected chi connectivity index (χ4v) is 6.53. The summed E-state index contributed by atoms with van der Waals surface area (Å²) >= 11 is 6.33. The number of hydrogen-bond donors (Lipinski definition) is 1. The molecule has 0 bridgehead atoms. The molecule has 4 aliphatic rings. The molecule has 4 atom stereocenters. The van der Waals surface area contributed by atoms with Crippen LogP contribution < -0.4 is 15.0 Å². The second-order valence-electron chi connectivity index (χ2n) is 8.93. The summed E-state index contributed by atoms with van der Waals surface area (Å²) in [4.78, 5) is 44.6. The number of halogens is 1. The maximum atomic E-state index is 13.9. The van der Waals surface area contributed by atoms with Gasteiger partial charge in [0.25, 0.3) is 0 Å². The molecule has 3 saturated heterocycles. The quantitative estimate of drug-likeness (QED) is 0.710. The molecular weight excluding hydrogens is 430 g/mol. The van der Waals surface area contributed by atoms with Crippen LogP contribution in [-0.4, -0.2) is 42.3 Å². The van der Waals surface area contributed by atoms with Gasteiger partial charge >= 0.3 is 0 Å². The van der Waals surface area contributed by atoms with Crippen LogP contribution in [0.4, 0.5) is 11.4 Å². The second-order valence-corrected chi connectivity index (χ2v) is 9.34. The number of fused-ring (bicyclic) bond motifs is 7. The molecule has 0 saturated carbocycles. The Hall–Kier alpha value is -2.90. The lowest BCUT2D eigenvalue weighted by atomic mass is 9.75. The zero-order chi connectivity index (χ0) is 22.4. The van der Waals surface area contributed by atoms with E-state index in [0.29, 0.717) is 28.7 Å². The van der Waals surface area contributed by atoms with Gasteiger partial charge in [0, 0.05) is 16.6 Å². The van der Waals surface area contributed by atoms with Crippen molar-refractivity contribution in [3.05, 3.63) is 52.5 Å². The van der Waals surface area contributed by atoms with Gasteiger partial charge in [0.2, 0.25) is 17.7 Å². The molecule has 3 amide bonds. The molecule has 32 heavy (non-hydrogen) atoms. The van der Waals surface area contributed by atoms with Crippen LogP contribution in [0.3, 0.4) is 0 Å². The summed E-state index contributed by atoms with van der Waals surface area (Å²) < 4.78 is 5.21. The third kappa shape index (κ3) is 2.18. The minimum absolute atomic E-state index is 0.146. The molecule has 0 unspecified atom stereocenters. The van der Waals surface area contributed by atoms with Gasteiger partial charge in [-0.1, -0.05) is 17.7 Å². The van der Waals surface area contributed by atoms with Crippen molar-refractivity contribution in [3.63, 3.8) is 0 Å². The van der Waals surface area contributed by atoms with Gasteiger partial charge in [-0.2, -0.15) is 0 Å². The van der Waals surface area contributed by atoms with Crippen molar-refractivity contribution in [1.29, 1.82) is 0 Å². The Kier molecular flexibility index (Phi) is 4.05. The average molecular weight is 452 g/mol. The summed E-state index contributed by atoms with van der Waals surface area (Å²) in [6, 6.07) is 10.3. The van der Waals surface area contributed by atoms with E-state index >= 15 is 0 Å². The lowest BCUT2D eigenvalue weighted by molar-refractivity contribution is -0.135. The third-order valence-corrected chi connectivity index (χ3v) is 8.10. The van der Waals surface area contributed by atoms with Crippen LogP contribution in [0.1, 0.15) is 24.0 Å². The van der Waals surface area contributed by atoms with E-state index in [1.807, 2.05) is 13.0 Å². The zero-order valence-corrected chi connectivity index (χ0v) is 18.5. The first-order chi connectivity index (χ1) is 15.4. The van der Waals surface area contributed by atoms with Crippen LogP contribution in [0.25, 0.3) is 0 Å². The van der Waals surface area contributed by atoms with E-state index in [0.717, 1.165) is 24.0 Å². The SMILES string of the molecule is COc1ccc(N2C(=O)[C@H]3[C@H]4CCCN4[C@]4(C(=O)Nc5c4ccc(Cl)c5C)[C@@H]3C2=O)cc1. The number of rotatable bonds is 2. The van der Waals surface area contributed by atoms with E-state index in [9.17, 15) is 14.4 Å². The molecule has 4 heterocycles. The molecule has 0 aliphatic carbocycles. The van der Waals surface area contributed by atoms with Gasteiger partial charge in [-0.3, -0.25) is 19.3 Å². The first-order valence-corrected chi connectivity index (χ1v) is 11.2. The number of anilines is 2. The number of amides is 3. The minimum atomic E-state index is -1.19. The van der Waals surface area contributed by atoms with Gasteiger partial charge in [0.15, 0.2) is 0 Å². The molecule has 8 heteroatoms. The summed E-state index contributed by atoms with van der Waals surface area (Å²) in [7, 11) is 1.56. The lowest BCUT2D eigenvalue weighted by Gasteiger charge is -2.36. The number of methoxy groups -OCH3 is 1. The number of nitrogens with zero attached hydrogens (tertiary/aromatic N) is 2. The highest BCUT2D eigenvalue weighted by atomic mass is 35.5. The van der Waals surface area contributed by atoms with Gasteiger partial charge in [-0.15, -0.1) is 0 Å². The predicted molar refractivity (Wildman–Crippen MR) is 119 cm³/mol. The number of carbonyl (C=O) groups excluding carboxylic acids is 3. The van der Waals surface area contributed by atoms with Crippen molar-refractivity contribution in [2.75, 3.05) is 23.9 Å². The maximum absolute atomic E-state index is 13.9. The first kappa shape index (κ1) is 19.8. The second kappa shape index (κ2) is 6.56. The Morgan fingerprint density at radius 3 is 2.56 bits per heavy atom. The summed E-state index contributed by atoms with van der Waals surface area (Å²) in [6.45, 7) is 2.54. The average Bonchev–Trinajstić information content (AvgIpc) is 3.50. The molecule has 7 nitrogen and oxygen atoms in total. The number of nitrogens with one attached hydrogen (secondary N) is 1. The molecule has 1 spiro atoms. The number of hydrogen-bond acceptors (Lipinski definition) is 5. The molecule has 2 aromatic rings. The summed E-state index contributed by atoms with van der Waals surface area (Å²) in [5.74, 6) is -1.48. The number of ether oxygens (including phenoxy) is 1. The number of carbonyl (C=O) groups is 3. The summed E-state index contributed by atoms with van der Waals surface area (Å²) in [6.07, 6.45) is 1.67. The Labute approximate surface area is 190 Å². The molecule has 6 rings (SSSR count). The highest BCUT2D eigenvalue weighted by Gasteiger charge is 2.74. The van der Waals surface area contributed by atoms with Crippen LogP contribution in [0.5, 0.6) is 5.75 Å². The Bertz CT molecular complexity index is 1200. The predicted octanol–water partition coefficient (Wildman–Crippen LogP) is 3.09. The minimum Gasteiger partial charge on any atom is -0.497 e. The van der Waals surface area contributed by atoms with Crippen molar-refractivity contribution in [2.45, 2.75) is 31.3 Å². The van der Waals surface area contributed by atoms with Gasteiger partial charge < -0.3 is 10.1 Å². The van der Waals surface area contributed by atoms with Crippen LogP contribution in [0.2, 0.25) is 5.02 Å². The fraction of sp³-hybridized carbons (Fsp3) is 0.375. The van der Waals surface area contributed by atoms with Gasteiger partial charge in [0.05, 0.1) is 30.3 Å². The molecule has 3 fully saturated rings. The smallest absolute Gasteiger partial charge is 0.250 e. The molecular formula is C24H22ClN3O4. The molecule has 0 radical (unpaired) electrons. The lowest BCUT2D eigenvalue weighted by Crippen LogP contribution is -2.54. The Morgan fingerprint density at radius 1 is 1.09 bits per heavy atom. The van der Waals surface area contributed by atoms with E-state index in [-0.39, 0.29) is 23.8 Å². The molecule has 1 N–H and O–H groups in total. The van der Waals surface area contributed by atoms with Crippen molar-refractivity contribution >= 4 is 40.7 Å². The van der Waals surface area contributed by atoms with E-state index < -0.39 is 17.4 Å². The highest BCUT2D eigenvalue weighted by Crippen LogP contribution is 2.61. The Balaban J connectivity index is 1.53. The van der Waals surface area contributed by atoms with Crippen LogP contribution in [-0.2, 0) is 19.9 Å². The third-order valence-electron chi connectivity index (χ3n) is 7.69. The van der Waals surface area contributed by atoms with E-state index in [4.69, 9.17) is 16.3 Å². The fourth-order valence-electron chi connectivity index (χ4n) is 6.38. The van der Waals surface area contributed by atoms with E-state index in [2.05, 4.69) is 10.2 Å². The normalized spacial score (nSPS) is 30.7.